The van der Waals surface area contributed by atoms with Gasteiger partial charge in [0.25, 0.3) is 6.01 Å². The second kappa shape index (κ2) is 5.61. The highest BCUT2D eigenvalue weighted by atomic mass is 16.5. The van der Waals surface area contributed by atoms with Crippen LogP contribution in [-0.4, -0.2) is 29.2 Å². The molecule has 4 heteroatoms. The molecule has 1 N–H and O–H groups in total. The first-order valence-electron chi connectivity index (χ1n) is 7.17. The Morgan fingerprint density at radius 1 is 1.42 bits per heavy atom. The number of para-hydroxylation sites is 2. The smallest absolute Gasteiger partial charge is 0.297 e. The summed E-state index contributed by atoms with van der Waals surface area (Å²) in [5.74, 6) is 0.610. The zero-order valence-electron chi connectivity index (χ0n) is 11.4. The van der Waals surface area contributed by atoms with Gasteiger partial charge in [0.2, 0.25) is 0 Å². The Balaban J connectivity index is 1.76. The Labute approximate surface area is 113 Å². The zero-order chi connectivity index (χ0) is 13.1. The molecule has 19 heavy (non-hydrogen) atoms. The lowest BCUT2D eigenvalue weighted by Crippen LogP contribution is -2.33. The number of fused-ring (bicyclic) bond motifs is 1. The van der Waals surface area contributed by atoms with Gasteiger partial charge >= 0.3 is 0 Å². The van der Waals surface area contributed by atoms with E-state index >= 15 is 0 Å². The van der Waals surface area contributed by atoms with E-state index in [1.165, 1.54) is 12.8 Å². The van der Waals surface area contributed by atoms with Gasteiger partial charge in [-0.15, -0.1) is 0 Å². The number of nitrogens with one attached hydrogen (secondary N) is 1. The van der Waals surface area contributed by atoms with Gasteiger partial charge in [-0.05, 0) is 38.4 Å². The predicted molar refractivity (Wildman–Crippen MR) is 76.5 cm³/mol. The van der Waals surface area contributed by atoms with Gasteiger partial charge in [-0.1, -0.05) is 12.1 Å². The number of piperidine rings is 1. The van der Waals surface area contributed by atoms with Gasteiger partial charge in [-0.3, -0.25) is 4.57 Å². The van der Waals surface area contributed by atoms with Crippen LogP contribution < -0.4 is 10.1 Å². The van der Waals surface area contributed by atoms with E-state index in [1.54, 1.807) is 0 Å². The van der Waals surface area contributed by atoms with Crippen LogP contribution in [0.5, 0.6) is 6.01 Å². The minimum Gasteiger partial charge on any atom is -0.464 e. The van der Waals surface area contributed by atoms with E-state index in [0.29, 0.717) is 5.92 Å². The summed E-state index contributed by atoms with van der Waals surface area (Å²) in [6.45, 7) is 5.98. The Hall–Kier alpha value is -1.55. The van der Waals surface area contributed by atoms with Crippen LogP contribution in [0.4, 0.5) is 0 Å². The molecule has 3 rings (SSSR count). The van der Waals surface area contributed by atoms with Crippen LogP contribution in [0.1, 0.15) is 19.8 Å². The van der Waals surface area contributed by atoms with Crippen molar-refractivity contribution in [2.45, 2.75) is 26.3 Å². The first-order chi connectivity index (χ1) is 9.38. The van der Waals surface area contributed by atoms with E-state index in [2.05, 4.69) is 27.9 Å². The Kier molecular flexibility index (Phi) is 3.69. The number of hydrogen-bond donors (Lipinski definition) is 1. The largest absolute Gasteiger partial charge is 0.464 e. The quantitative estimate of drug-likeness (QED) is 0.916. The fraction of sp³-hybridized carbons (Fsp3) is 0.533. The maximum atomic E-state index is 5.96. The molecule has 1 aromatic carbocycles. The average Bonchev–Trinajstić information content (AvgIpc) is 2.83. The van der Waals surface area contributed by atoms with Crippen LogP contribution in [0.2, 0.25) is 0 Å². The van der Waals surface area contributed by atoms with Crippen molar-refractivity contribution in [3.8, 4) is 6.01 Å². The van der Waals surface area contributed by atoms with Crippen molar-refractivity contribution in [3.05, 3.63) is 24.3 Å². The van der Waals surface area contributed by atoms with E-state index in [4.69, 9.17) is 4.74 Å². The molecule has 2 aromatic rings. The monoisotopic (exact) mass is 259 g/mol. The van der Waals surface area contributed by atoms with Crippen molar-refractivity contribution in [1.82, 2.24) is 14.9 Å². The highest BCUT2D eigenvalue weighted by molar-refractivity contribution is 5.76. The lowest BCUT2D eigenvalue weighted by atomic mass is 10.0. The van der Waals surface area contributed by atoms with E-state index in [0.717, 1.165) is 43.3 Å². The third kappa shape index (κ3) is 2.59. The first-order valence-corrected chi connectivity index (χ1v) is 7.17. The minimum absolute atomic E-state index is 0.610. The van der Waals surface area contributed by atoms with Crippen LogP contribution in [0.25, 0.3) is 11.0 Å². The number of ether oxygens (including phenoxy) is 1. The van der Waals surface area contributed by atoms with E-state index in [-0.39, 0.29) is 0 Å². The fourth-order valence-corrected chi connectivity index (χ4v) is 2.73. The van der Waals surface area contributed by atoms with Gasteiger partial charge in [0.1, 0.15) is 0 Å². The average molecular weight is 259 g/mol. The molecule has 1 aliphatic rings. The minimum atomic E-state index is 0.610. The number of aromatic nitrogens is 2. The molecular formula is C15H21N3O. The van der Waals surface area contributed by atoms with Crippen LogP contribution in [0.15, 0.2) is 24.3 Å². The molecule has 0 radical (unpaired) electrons. The highest BCUT2D eigenvalue weighted by Crippen LogP contribution is 2.22. The summed E-state index contributed by atoms with van der Waals surface area (Å²) in [5.41, 5.74) is 2.17. The molecule has 4 nitrogen and oxygen atoms in total. The van der Waals surface area contributed by atoms with Gasteiger partial charge < -0.3 is 10.1 Å². The number of benzene rings is 1. The number of imidazole rings is 1. The number of nitrogens with zero attached hydrogens (tertiary/aromatic N) is 2. The van der Waals surface area contributed by atoms with Gasteiger partial charge in [0.15, 0.2) is 0 Å². The summed E-state index contributed by atoms with van der Waals surface area (Å²) >= 11 is 0. The Bertz CT molecular complexity index is 543. The van der Waals surface area contributed by atoms with Gasteiger partial charge in [0.05, 0.1) is 17.6 Å². The fourth-order valence-electron chi connectivity index (χ4n) is 2.73. The lowest BCUT2D eigenvalue weighted by molar-refractivity contribution is 0.199. The topological polar surface area (TPSA) is 39.1 Å². The molecule has 1 saturated heterocycles. The molecule has 0 saturated carbocycles. The Morgan fingerprint density at radius 2 is 2.32 bits per heavy atom. The Morgan fingerprint density at radius 3 is 3.11 bits per heavy atom. The van der Waals surface area contributed by atoms with Crippen molar-refractivity contribution in [2.75, 3.05) is 19.7 Å². The summed E-state index contributed by atoms with van der Waals surface area (Å²) < 4.78 is 8.11. The maximum Gasteiger partial charge on any atom is 0.297 e. The van der Waals surface area contributed by atoms with Crippen molar-refractivity contribution in [1.29, 1.82) is 0 Å². The molecule has 1 aromatic heterocycles. The van der Waals surface area contributed by atoms with Crippen LogP contribution in [-0.2, 0) is 6.54 Å². The molecule has 1 fully saturated rings. The summed E-state index contributed by atoms with van der Waals surface area (Å²) in [6, 6.07) is 8.96. The van der Waals surface area contributed by atoms with E-state index in [9.17, 15) is 0 Å². The first kappa shape index (κ1) is 12.5. The number of hydrogen-bond acceptors (Lipinski definition) is 3. The zero-order valence-corrected chi connectivity index (χ0v) is 11.4. The van der Waals surface area contributed by atoms with Crippen molar-refractivity contribution in [2.24, 2.45) is 5.92 Å². The summed E-state index contributed by atoms with van der Waals surface area (Å²) in [5, 5.41) is 3.42. The van der Waals surface area contributed by atoms with Gasteiger partial charge in [-0.2, -0.15) is 4.98 Å². The molecule has 0 unspecified atom stereocenters. The molecule has 0 bridgehead atoms. The third-order valence-electron chi connectivity index (χ3n) is 3.78. The maximum absolute atomic E-state index is 5.96. The highest BCUT2D eigenvalue weighted by Gasteiger charge is 2.16. The summed E-state index contributed by atoms with van der Waals surface area (Å²) in [4.78, 5) is 4.59. The lowest BCUT2D eigenvalue weighted by Gasteiger charge is -2.22. The van der Waals surface area contributed by atoms with Gasteiger partial charge in [0, 0.05) is 19.0 Å². The normalized spacial score (nSPS) is 19.7. The molecule has 1 aliphatic heterocycles. The third-order valence-corrected chi connectivity index (χ3v) is 3.78. The van der Waals surface area contributed by atoms with Gasteiger partial charge in [-0.25, -0.2) is 0 Å². The van der Waals surface area contributed by atoms with E-state index in [1.807, 2.05) is 18.2 Å². The van der Waals surface area contributed by atoms with Crippen molar-refractivity contribution in [3.63, 3.8) is 0 Å². The molecule has 0 amide bonds. The summed E-state index contributed by atoms with van der Waals surface area (Å²) in [7, 11) is 0. The summed E-state index contributed by atoms with van der Waals surface area (Å²) in [6.07, 6.45) is 2.50. The molecule has 2 heterocycles. The van der Waals surface area contributed by atoms with Crippen LogP contribution in [0, 0.1) is 5.92 Å². The molecule has 102 valence electrons. The second-order valence-corrected chi connectivity index (χ2v) is 5.15. The SMILES string of the molecule is CCn1c(OC[C@@H]2CCCNC2)nc2ccccc21. The second-order valence-electron chi connectivity index (χ2n) is 5.15. The number of rotatable bonds is 4. The molecular weight excluding hydrogens is 238 g/mol. The molecule has 0 aliphatic carbocycles. The predicted octanol–water partition coefficient (Wildman–Crippen LogP) is 2.43. The molecule has 0 spiro atoms. The standard InChI is InChI=1S/C15H21N3O/c1-2-18-14-8-4-3-7-13(14)17-15(18)19-11-12-6-5-9-16-10-12/h3-4,7-8,12,16H,2,5-6,9-11H2,1H3/t12-/m1/s1. The van der Waals surface area contributed by atoms with Crippen molar-refractivity contribution >= 4 is 11.0 Å². The van der Waals surface area contributed by atoms with Crippen molar-refractivity contribution < 1.29 is 4.74 Å². The van der Waals surface area contributed by atoms with Crippen LogP contribution in [0.3, 0.4) is 0 Å². The molecule has 1 atom stereocenters. The number of aryl methyl sites for hydroxylation is 1. The van der Waals surface area contributed by atoms with Crippen LogP contribution >= 0.6 is 0 Å². The van der Waals surface area contributed by atoms with E-state index < -0.39 is 0 Å².